The smallest absolute Gasteiger partial charge is 0.406 e. The molecule has 1 nitrogen and oxygen atoms in total. The summed E-state index contributed by atoms with van der Waals surface area (Å²) in [6, 6.07) is 9.68. The summed E-state index contributed by atoms with van der Waals surface area (Å²) in [6.45, 7) is 3.50. The highest BCUT2D eigenvalue weighted by Gasteiger charge is 2.31. The van der Waals surface area contributed by atoms with Crippen molar-refractivity contribution in [1.29, 1.82) is 0 Å². The predicted molar refractivity (Wildman–Crippen MR) is 68.6 cm³/mol. The molecule has 0 atom stereocenters. The monoisotopic (exact) mass is 282 g/mol. The van der Waals surface area contributed by atoms with Crippen molar-refractivity contribution in [3.05, 3.63) is 60.4 Å². The van der Waals surface area contributed by atoms with Crippen LogP contribution in [-0.2, 0) is 0 Å². The van der Waals surface area contributed by atoms with Gasteiger partial charge >= 0.3 is 6.36 Å². The maximum absolute atomic E-state index is 13.7. The van der Waals surface area contributed by atoms with E-state index in [-0.39, 0.29) is 5.56 Å². The fourth-order valence-corrected chi connectivity index (χ4v) is 1.78. The van der Waals surface area contributed by atoms with E-state index in [1.807, 2.05) is 0 Å². The number of hydrogen-bond acceptors (Lipinski definition) is 1. The Hall–Kier alpha value is -2.30. The Bertz CT molecular complexity index is 632. The van der Waals surface area contributed by atoms with Crippen molar-refractivity contribution >= 4 is 6.08 Å². The molecule has 0 aliphatic rings. The van der Waals surface area contributed by atoms with Crippen LogP contribution >= 0.6 is 0 Å². The molecule has 2 rings (SSSR count). The van der Waals surface area contributed by atoms with E-state index in [4.69, 9.17) is 0 Å². The van der Waals surface area contributed by atoms with Crippen molar-refractivity contribution in [2.75, 3.05) is 0 Å². The quantitative estimate of drug-likeness (QED) is 0.717. The molecule has 0 aromatic heterocycles. The fraction of sp³-hybridized carbons (Fsp3) is 0.0667. The second kappa shape index (κ2) is 5.36. The van der Waals surface area contributed by atoms with Crippen molar-refractivity contribution in [2.45, 2.75) is 6.36 Å². The average Bonchev–Trinajstić information content (AvgIpc) is 2.36. The second-order valence-corrected chi connectivity index (χ2v) is 4.02. The van der Waals surface area contributed by atoms with E-state index in [2.05, 4.69) is 11.3 Å². The molecule has 0 aliphatic heterocycles. The Labute approximate surface area is 113 Å². The molecule has 2 aromatic rings. The van der Waals surface area contributed by atoms with Crippen LogP contribution in [0.3, 0.4) is 0 Å². The van der Waals surface area contributed by atoms with Gasteiger partial charge in [0.1, 0.15) is 11.6 Å². The van der Waals surface area contributed by atoms with Crippen LogP contribution in [0.15, 0.2) is 49.0 Å². The molecular weight excluding hydrogens is 272 g/mol. The highest BCUT2D eigenvalue weighted by atomic mass is 19.4. The van der Waals surface area contributed by atoms with E-state index in [1.54, 1.807) is 6.07 Å². The summed E-state index contributed by atoms with van der Waals surface area (Å²) in [5, 5.41) is 0. The summed E-state index contributed by atoms with van der Waals surface area (Å²) >= 11 is 0. The lowest BCUT2D eigenvalue weighted by atomic mass is 10.0. The normalized spacial score (nSPS) is 11.2. The molecule has 0 saturated carbocycles. The summed E-state index contributed by atoms with van der Waals surface area (Å²) in [5.41, 5.74) is 0.896. The van der Waals surface area contributed by atoms with Gasteiger partial charge in [-0.2, -0.15) is 0 Å². The van der Waals surface area contributed by atoms with E-state index in [1.165, 1.54) is 36.4 Å². The van der Waals surface area contributed by atoms with Crippen molar-refractivity contribution in [1.82, 2.24) is 0 Å². The van der Waals surface area contributed by atoms with Crippen molar-refractivity contribution < 1.29 is 22.3 Å². The third-order valence-electron chi connectivity index (χ3n) is 2.58. The minimum atomic E-state index is -4.80. The summed E-state index contributed by atoms with van der Waals surface area (Å²) in [6.07, 6.45) is -3.43. The minimum absolute atomic E-state index is 0.197. The lowest BCUT2D eigenvalue weighted by Crippen LogP contribution is -2.17. The Morgan fingerprint density at radius 3 is 2.35 bits per heavy atom. The maximum atomic E-state index is 13.7. The van der Waals surface area contributed by atoms with Gasteiger partial charge in [0, 0.05) is 5.56 Å². The average molecular weight is 282 g/mol. The summed E-state index contributed by atoms with van der Waals surface area (Å²) in [7, 11) is 0. The zero-order valence-corrected chi connectivity index (χ0v) is 10.2. The Balaban J connectivity index is 2.51. The molecule has 0 heterocycles. The molecule has 0 unspecified atom stereocenters. The first-order chi connectivity index (χ1) is 9.39. The van der Waals surface area contributed by atoms with E-state index < -0.39 is 17.9 Å². The number of rotatable bonds is 3. The van der Waals surface area contributed by atoms with E-state index in [0.717, 1.165) is 6.07 Å². The molecule has 0 fully saturated rings. The van der Waals surface area contributed by atoms with E-state index in [0.29, 0.717) is 11.1 Å². The number of benzene rings is 2. The van der Waals surface area contributed by atoms with Crippen LogP contribution in [0.1, 0.15) is 5.56 Å². The number of alkyl halides is 3. The molecule has 2 aromatic carbocycles. The predicted octanol–water partition coefficient (Wildman–Crippen LogP) is 5.03. The Morgan fingerprint density at radius 1 is 1.05 bits per heavy atom. The summed E-state index contributed by atoms with van der Waals surface area (Å²) in [4.78, 5) is 0. The zero-order chi connectivity index (χ0) is 14.8. The fourth-order valence-electron chi connectivity index (χ4n) is 1.78. The second-order valence-electron chi connectivity index (χ2n) is 4.02. The van der Waals surface area contributed by atoms with Crippen LogP contribution in [0, 0.1) is 5.82 Å². The molecule has 0 bridgehead atoms. The Morgan fingerprint density at radius 2 is 1.75 bits per heavy atom. The molecule has 0 aliphatic carbocycles. The minimum Gasteiger partial charge on any atom is -0.406 e. The molecule has 0 spiro atoms. The van der Waals surface area contributed by atoms with Gasteiger partial charge in [0.15, 0.2) is 0 Å². The van der Waals surface area contributed by atoms with Crippen LogP contribution in [0.5, 0.6) is 5.75 Å². The molecule has 0 N–H and O–H groups in total. The van der Waals surface area contributed by atoms with E-state index >= 15 is 0 Å². The van der Waals surface area contributed by atoms with Crippen molar-refractivity contribution in [3.8, 4) is 16.9 Å². The third-order valence-corrected chi connectivity index (χ3v) is 2.58. The molecule has 0 radical (unpaired) electrons. The zero-order valence-electron chi connectivity index (χ0n) is 10.2. The van der Waals surface area contributed by atoms with Gasteiger partial charge in [0.2, 0.25) is 0 Å². The van der Waals surface area contributed by atoms with Crippen LogP contribution in [0.2, 0.25) is 0 Å². The number of ether oxygens (including phenoxy) is 1. The van der Waals surface area contributed by atoms with Gasteiger partial charge in [0.05, 0.1) is 0 Å². The topological polar surface area (TPSA) is 9.23 Å². The SMILES string of the molecule is C=Cc1cc(OC(F)(F)F)cc(-c2ccccc2F)c1. The van der Waals surface area contributed by atoms with Crippen LogP contribution in [-0.4, -0.2) is 6.36 Å². The van der Waals surface area contributed by atoms with Gasteiger partial charge in [0.25, 0.3) is 0 Å². The first-order valence-electron chi connectivity index (χ1n) is 5.67. The largest absolute Gasteiger partial charge is 0.573 e. The molecule has 0 amide bonds. The van der Waals surface area contributed by atoms with Gasteiger partial charge < -0.3 is 4.74 Å². The first kappa shape index (κ1) is 14.1. The van der Waals surface area contributed by atoms with Crippen molar-refractivity contribution in [3.63, 3.8) is 0 Å². The third kappa shape index (κ3) is 3.38. The summed E-state index contributed by atoms with van der Waals surface area (Å²) in [5.74, 6) is -0.931. The molecular formula is C15H10F4O. The lowest BCUT2D eigenvalue weighted by molar-refractivity contribution is -0.274. The highest BCUT2D eigenvalue weighted by molar-refractivity contribution is 5.69. The highest BCUT2D eigenvalue weighted by Crippen LogP contribution is 2.31. The number of hydrogen-bond donors (Lipinski definition) is 0. The Kier molecular flexibility index (Phi) is 3.79. The maximum Gasteiger partial charge on any atom is 0.573 e. The van der Waals surface area contributed by atoms with Crippen LogP contribution in [0.25, 0.3) is 17.2 Å². The lowest BCUT2D eigenvalue weighted by Gasteiger charge is -2.12. The summed E-state index contributed by atoms with van der Waals surface area (Å²) < 4.78 is 54.4. The van der Waals surface area contributed by atoms with Crippen LogP contribution < -0.4 is 4.74 Å². The van der Waals surface area contributed by atoms with Gasteiger partial charge in [-0.15, -0.1) is 13.2 Å². The van der Waals surface area contributed by atoms with Crippen LogP contribution in [0.4, 0.5) is 17.6 Å². The van der Waals surface area contributed by atoms with Gasteiger partial charge in [-0.25, -0.2) is 4.39 Å². The molecule has 0 saturated heterocycles. The molecule has 5 heteroatoms. The van der Waals surface area contributed by atoms with Gasteiger partial charge in [-0.1, -0.05) is 30.9 Å². The molecule has 104 valence electrons. The van der Waals surface area contributed by atoms with Gasteiger partial charge in [-0.3, -0.25) is 0 Å². The van der Waals surface area contributed by atoms with E-state index in [9.17, 15) is 17.6 Å². The van der Waals surface area contributed by atoms with Crippen molar-refractivity contribution in [2.24, 2.45) is 0 Å². The molecule has 20 heavy (non-hydrogen) atoms. The first-order valence-corrected chi connectivity index (χ1v) is 5.67. The standard InChI is InChI=1S/C15H10F4O/c1-2-10-7-11(13-5-3-4-6-14(13)16)9-12(8-10)20-15(17,18)19/h2-9H,1H2. The number of halogens is 4. The van der Waals surface area contributed by atoms with Gasteiger partial charge in [-0.05, 0) is 35.4 Å².